The van der Waals surface area contributed by atoms with Gasteiger partial charge in [-0.3, -0.25) is 4.79 Å². The summed E-state index contributed by atoms with van der Waals surface area (Å²) in [6.07, 6.45) is -8.61. The third-order valence-corrected chi connectivity index (χ3v) is 7.64. The quantitative estimate of drug-likeness (QED) is 0.528. The van der Waals surface area contributed by atoms with Gasteiger partial charge in [0.2, 0.25) is 0 Å². The Bertz CT molecular complexity index is 1080. The molecule has 2 aliphatic rings. The van der Waals surface area contributed by atoms with Crippen molar-refractivity contribution < 1.29 is 40.6 Å². The van der Waals surface area contributed by atoms with Crippen LogP contribution in [-0.2, 0) is 15.1 Å². The van der Waals surface area contributed by atoms with Crippen LogP contribution in [0.15, 0.2) is 54.6 Å². The lowest BCUT2D eigenvalue weighted by Crippen LogP contribution is -2.59. The van der Waals surface area contributed by atoms with Gasteiger partial charge in [0.15, 0.2) is 0 Å². The smallest absolute Gasteiger partial charge is 0.405 e. The van der Waals surface area contributed by atoms with Crippen LogP contribution in [0.5, 0.6) is 5.75 Å². The third-order valence-electron chi connectivity index (χ3n) is 7.64. The molecule has 2 aliphatic heterocycles. The van der Waals surface area contributed by atoms with Crippen molar-refractivity contribution in [1.82, 2.24) is 10.2 Å². The largest absolute Gasteiger partial charge is 0.573 e. The number of hydrogen-bond donors (Lipinski definition) is 1. The molecule has 2 fully saturated rings. The molecule has 0 aromatic heterocycles. The zero-order chi connectivity index (χ0) is 26.9. The normalized spacial score (nSPS) is 21.9. The second-order valence-electron chi connectivity index (χ2n) is 9.50. The van der Waals surface area contributed by atoms with Crippen LogP contribution in [0, 0.1) is 5.41 Å². The van der Waals surface area contributed by atoms with Gasteiger partial charge in [-0.15, -0.1) is 13.2 Å². The predicted octanol–water partition coefficient (Wildman–Crippen LogP) is 5.38. The van der Waals surface area contributed by atoms with Crippen LogP contribution in [-0.4, -0.2) is 56.6 Å². The van der Waals surface area contributed by atoms with Crippen LogP contribution < -0.4 is 10.1 Å². The fourth-order valence-electron chi connectivity index (χ4n) is 5.78. The van der Waals surface area contributed by atoms with Gasteiger partial charge >= 0.3 is 12.5 Å². The maximum atomic E-state index is 14.4. The number of rotatable bonds is 5. The first-order chi connectivity index (χ1) is 17.4. The summed E-state index contributed by atoms with van der Waals surface area (Å²) in [6, 6.07) is 12.7. The van der Waals surface area contributed by atoms with Gasteiger partial charge < -0.3 is 19.7 Å². The molecule has 2 saturated heterocycles. The number of likely N-dealkylation sites (tertiary alicyclic amines) is 1. The molecule has 0 radical (unpaired) electrons. The van der Waals surface area contributed by atoms with Gasteiger partial charge in [-0.1, -0.05) is 48.5 Å². The fourth-order valence-corrected chi connectivity index (χ4v) is 5.78. The Hall–Kier alpha value is -2.79. The van der Waals surface area contributed by atoms with Gasteiger partial charge in [-0.25, -0.2) is 0 Å². The number of carbonyl (C=O) groups is 1. The number of benzene rings is 2. The number of amides is 1. The topological polar surface area (TPSA) is 50.8 Å². The minimum atomic E-state index is -5.01. The number of nitrogens with zero attached hydrogens (tertiary/aromatic N) is 1. The van der Waals surface area contributed by atoms with Crippen molar-refractivity contribution in [2.45, 2.75) is 43.3 Å². The van der Waals surface area contributed by atoms with Gasteiger partial charge in [-0.05, 0) is 42.9 Å². The summed E-state index contributed by atoms with van der Waals surface area (Å²) in [4.78, 5) is 14.6. The van der Waals surface area contributed by atoms with Crippen LogP contribution >= 0.6 is 0 Å². The molecule has 0 saturated carbocycles. The molecule has 1 spiro atoms. The maximum absolute atomic E-state index is 14.4. The molecule has 1 unspecified atom stereocenters. The van der Waals surface area contributed by atoms with Crippen molar-refractivity contribution in [1.29, 1.82) is 0 Å². The lowest BCUT2D eigenvalue weighted by atomic mass is 9.62. The van der Waals surface area contributed by atoms with Gasteiger partial charge in [0, 0.05) is 38.2 Å². The third kappa shape index (κ3) is 5.16. The summed E-state index contributed by atoms with van der Waals surface area (Å²) in [5, 5.41) is 3.22. The zero-order valence-electron chi connectivity index (χ0n) is 20.2. The van der Waals surface area contributed by atoms with E-state index >= 15 is 0 Å². The Morgan fingerprint density at radius 2 is 1.57 bits per heavy atom. The molecule has 2 aromatic rings. The molecule has 1 amide bonds. The summed E-state index contributed by atoms with van der Waals surface area (Å²) in [5.74, 6) is -1.86. The first kappa shape index (κ1) is 27.3. The number of carbonyl (C=O) groups excluding carboxylic acids is 1. The van der Waals surface area contributed by atoms with Gasteiger partial charge in [-0.2, -0.15) is 13.2 Å². The first-order valence-corrected chi connectivity index (χ1v) is 12.0. The molecule has 11 heteroatoms. The Labute approximate surface area is 210 Å². The van der Waals surface area contributed by atoms with Gasteiger partial charge in [0.25, 0.3) is 11.5 Å². The highest BCUT2D eigenvalue weighted by Crippen LogP contribution is 2.52. The Morgan fingerprint density at radius 3 is 2.16 bits per heavy atom. The Kier molecular flexibility index (Phi) is 7.49. The van der Waals surface area contributed by atoms with Crippen molar-refractivity contribution >= 4 is 5.91 Å². The number of piperidine rings is 2. The van der Waals surface area contributed by atoms with Crippen molar-refractivity contribution in [3.05, 3.63) is 65.7 Å². The van der Waals surface area contributed by atoms with Crippen LogP contribution in [0.1, 0.15) is 36.3 Å². The molecular weight excluding hydrogens is 502 g/mol. The first-order valence-electron chi connectivity index (χ1n) is 12.0. The molecule has 202 valence electrons. The summed E-state index contributed by atoms with van der Waals surface area (Å²) in [7, 11) is 0.865. The van der Waals surface area contributed by atoms with Crippen LogP contribution in [0.25, 0.3) is 0 Å². The molecular formula is C26H28F6N2O3. The van der Waals surface area contributed by atoms with Gasteiger partial charge in [0.1, 0.15) is 5.75 Å². The molecule has 2 heterocycles. The fraction of sp³-hybridized carbons (Fsp3) is 0.500. The average Bonchev–Trinajstić information content (AvgIpc) is 2.85. The standard InChI is InChI=1S/C26H28F6N2O3/c1-36-24(25(27,28)29,18-7-3-2-4-8-18)22(35)34-15-12-23(13-16-34)11-14-33-17-20(23)19-9-5-6-10-21(19)37-26(30,31)32/h2-10,20,33H,11-17H2,1H3/t20?,24-/m1/s1. The van der Waals surface area contributed by atoms with E-state index in [-0.39, 0.29) is 30.3 Å². The van der Waals surface area contributed by atoms with E-state index in [4.69, 9.17) is 4.74 Å². The highest BCUT2D eigenvalue weighted by Gasteiger charge is 2.64. The summed E-state index contributed by atoms with van der Waals surface area (Å²) >= 11 is 0. The molecule has 0 bridgehead atoms. The second-order valence-corrected chi connectivity index (χ2v) is 9.50. The minimum absolute atomic E-state index is 0.0195. The van der Waals surface area contributed by atoms with Crippen molar-refractivity contribution in [2.24, 2.45) is 5.41 Å². The number of hydrogen-bond acceptors (Lipinski definition) is 4. The van der Waals surface area contributed by atoms with E-state index in [1.54, 1.807) is 18.2 Å². The minimum Gasteiger partial charge on any atom is -0.405 e. The van der Waals surface area contributed by atoms with E-state index in [2.05, 4.69) is 10.1 Å². The van der Waals surface area contributed by atoms with E-state index in [1.165, 1.54) is 36.4 Å². The molecule has 1 N–H and O–H groups in total. The number of nitrogens with one attached hydrogen (secondary N) is 1. The molecule has 0 aliphatic carbocycles. The van der Waals surface area contributed by atoms with Crippen LogP contribution in [0.4, 0.5) is 26.3 Å². The highest BCUT2D eigenvalue weighted by atomic mass is 19.4. The lowest BCUT2D eigenvalue weighted by Gasteiger charge is -2.51. The molecule has 5 nitrogen and oxygen atoms in total. The van der Waals surface area contributed by atoms with E-state index in [1.807, 2.05) is 0 Å². The predicted molar refractivity (Wildman–Crippen MR) is 123 cm³/mol. The molecule has 2 atom stereocenters. The molecule has 2 aromatic carbocycles. The summed E-state index contributed by atoms with van der Waals surface area (Å²) < 4.78 is 91.6. The highest BCUT2D eigenvalue weighted by molar-refractivity contribution is 5.88. The average molecular weight is 531 g/mol. The maximum Gasteiger partial charge on any atom is 0.573 e. The second kappa shape index (κ2) is 10.2. The number of alkyl halides is 6. The van der Waals surface area contributed by atoms with E-state index in [9.17, 15) is 31.1 Å². The number of para-hydroxylation sites is 1. The monoisotopic (exact) mass is 530 g/mol. The lowest BCUT2D eigenvalue weighted by molar-refractivity contribution is -0.275. The Balaban J connectivity index is 1.61. The van der Waals surface area contributed by atoms with Crippen LogP contribution in [0.2, 0.25) is 0 Å². The molecule has 37 heavy (non-hydrogen) atoms. The SMILES string of the molecule is CO[C@@](C(=O)N1CCC2(CCNCC2c2ccccc2OC(F)(F)F)CC1)(c1ccccc1)C(F)(F)F. The number of ether oxygens (including phenoxy) is 2. The van der Waals surface area contributed by atoms with Gasteiger partial charge in [0.05, 0.1) is 0 Å². The van der Waals surface area contributed by atoms with Crippen molar-refractivity contribution in [2.75, 3.05) is 33.3 Å². The van der Waals surface area contributed by atoms with E-state index in [0.29, 0.717) is 37.9 Å². The van der Waals surface area contributed by atoms with E-state index < -0.39 is 29.5 Å². The van der Waals surface area contributed by atoms with Crippen molar-refractivity contribution in [3.63, 3.8) is 0 Å². The number of halogens is 6. The van der Waals surface area contributed by atoms with Crippen LogP contribution in [0.3, 0.4) is 0 Å². The Morgan fingerprint density at radius 1 is 0.946 bits per heavy atom. The van der Waals surface area contributed by atoms with Crippen molar-refractivity contribution in [3.8, 4) is 5.75 Å². The molecule has 4 rings (SSSR count). The number of methoxy groups -OCH3 is 1. The summed E-state index contributed by atoms with van der Waals surface area (Å²) in [5.41, 5.74) is -3.58. The summed E-state index contributed by atoms with van der Waals surface area (Å²) in [6.45, 7) is 1.04. The zero-order valence-corrected chi connectivity index (χ0v) is 20.2. The van der Waals surface area contributed by atoms with E-state index in [0.717, 1.165) is 12.0 Å².